The van der Waals surface area contributed by atoms with Crippen molar-refractivity contribution in [3.63, 3.8) is 0 Å². The molecule has 0 radical (unpaired) electrons. The van der Waals surface area contributed by atoms with Crippen LogP contribution >= 0.6 is 0 Å². The second-order valence-electron chi connectivity index (χ2n) is 6.45. The van der Waals surface area contributed by atoms with Gasteiger partial charge in [-0.2, -0.15) is 0 Å². The Bertz CT molecular complexity index is 1020. The number of aryl methyl sites for hydroxylation is 1. The summed E-state index contributed by atoms with van der Waals surface area (Å²) >= 11 is 0. The smallest absolute Gasteiger partial charge is 0.0744 e. The molecule has 0 atom stereocenters. The zero-order chi connectivity index (χ0) is 17.4. The second-order valence-corrected chi connectivity index (χ2v) is 6.45. The molecule has 4 rings (SSSR count). The van der Waals surface area contributed by atoms with E-state index in [0.29, 0.717) is 5.69 Å². The van der Waals surface area contributed by atoms with E-state index in [2.05, 4.69) is 5.92 Å². The maximum atomic E-state index is 7.79. The Balaban J connectivity index is 2.04. The molecule has 1 aliphatic rings. The average Bonchev–Trinajstić information content (AvgIpc) is 2.67. The average molecular weight is 325 g/mol. The number of hydrogen-bond acceptors (Lipinski definition) is 3. The van der Waals surface area contributed by atoms with Crippen molar-refractivity contribution in [1.82, 2.24) is 4.98 Å². The second kappa shape index (κ2) is 6.07. The summed E-state index contributed by atoms with van der Waals surface area (Å²) in [7, 11) is 0. The Morgan fingerprint density at radius 1 is 1.04 bits per heavy atom. The van der Waals surface area contributed by atoms with Gasteiger partial charge in [-0.05, 0) is 61.1 Å². The Hall–Kier alpha value is -3.12. The SMILES string of the molecule is C#Cc1ccc(-c2nc3ccc(N)c(C=N)c3c3c2CCCC3)cc1. The van der Waals surface area contributed by atoms with E-state index in [1.807, 2.05) is 36.4 Å². The number of nitrogens with zero attached hydrogens (tertiary/aromatic N) is 1. The molecule has 0 bridgehead atoms. The first kappa shape index (κ1) is 15.4. The zero-order valence-electron chi connectivity index (χ0n) is 14.0. The molecule has 3 aromatic rings. The summed E-state index contributed by atoms with van der Waals surface area (Å²) in [6, 6.07) is 11.8. The van der Waals surface area contributed by atoms with E-state index in [-0.39, 0.29) is 0 Å². The summed E-state index contributed by atoms with van der Waals surface area (Å²) in [5, 5.41) is 8.84. The highest BCUT2D eigenvalue weighted by atomic mass is 14.7. The number of anilines is 1. The van der Waals surface area contributed by atoms with Crippen LogP contribution in [0.2, 0.25) is 0 Å². The highest BCUT2D eigenvalue weighted by Crippen LogP contribution is 2.37. The van der Waals surface area contributed by atoms with Crippen LogP contribution in [0.4, 0.5) is 5.69 Å². The molecule has 122 valence electrons. The van der Waals surface area contributed by atoms with Crippen molar-refractivity contribution >= 4 is 22.8 Å². The fourth-order valence-corrected chi connectivity index (χ4v) is 3.78. The normalized spacial score (nSPS) is 13.2. The molecule has 0 spiro atoms. The lowest BCUT2D eigenvalue weighted by Crippen LogP contribution is -2.09. The molecule has 0 saturated heterocycles. The lowest BCUT2D eigenvalue weighted by Gasteiger charge is -2.22. The lowest BCUT2D eigenvalue weighted by atomic mass is 9.85. The molecule has 25 heavy (non-hydrogen) atoms. The quantitative estimate of drug-likeness (QED) is 0.418. The van der Waals surface area contributed by atoms with E-state index in [1.165, 1.54) is 17.3 Å². The van der Waals surface area contributed by atoms with Gasteiger partial charge in [0, 0.05) is 34.0 Å². The summed E-state index contributed by atoms with van der Waals surface area (Å²) in [6.07, 6.45) is 11.2. The molecule has 3 N–H and O–H groups in total. The number of pyridine rings is 1. The molecule has 3 heteroatoms. The van der Waals surface area contributed by atoms with Crippen molar-refractivity contribution in [3.8, 4) is 23.6 Å². The number of aromatic nitrogens is 1. The molecule has 2 aromatic carbocycles. The summed E-state index contributed by atoms with van der Waals surface area (Å²) in [4.78, 5) is 4.95. The molecule has 0 fully saturated rings. The van der Waals surface area contributed by atoms with E-state index in [9.17, 15) is 0 Å². The van der Waals surface area contributed by atoms with Crippen LogP contribution in [0.15, 0.2) is 36.4 Å². The fourth-order valence-electron chi connectivity index (χ4n) is 3.78. The first-order valence-corrected chi connectivity index (χ1v) is 8.54. The monoisotopic (exact) mass is 325 g/mol. The molecule has 1 aromatic heterocycles. The number of hydrogen-bond donors (Lipinski definition) is 2. The van der Waals surface area contributed by atoms with E-state index in [0.717, 1.165) is 59.0 Å². The largest absolute Gasteiger partial charge is 0.398 e. The van der Waals surface area contributed by atoms with Crippen LogP contribution in [-0.4, -0.2) is 11.2 Å². The molecule has 3 nitrogen and oxygen atoms in total. The standard InChI is InChI=1S/C22H19N3/c1-2-14-7-9-15(10-8-14)22-17-6-4-3-5-16(17)21-18(13-23)19(24)11-12-20(21)25-22/h1,7-13,23H,3-6,24H2. The first-order valence-electron chi connectivity index (χ1n) is 8.54. The zero-order valence-corrected chi connectivity index (χ0v) is 14.0. The predicted octanol–water partition coefficient (Wildman–Crippen LogP) is 4.34. The Morgan fingerprint density at radius 3 is 2.44 bits per heavy atom. The predicted molar refractivity (Wildman–Crippen MR) is 104 cm³/mol. The molecule has 0 aliphatic heterocycles. The van der Waals surface area contributed by atoms with Gasteiger partial charge in [0.2, 0.25) is 0 Å². The van der Waals surface area contributed by atoms with Gasteiger partial charge >= 0.3 is 0 Å². The van der Waals surface area contributed by atoms with Crippen molar-refractivity contribution < 1.29 is 0 Å². The van der Waals surface area contributed by atoms with Crippen molar-refractivity contribution in [2.75, 3.05) is 5.73 Å². The van der Waals surface area contributed by atoms with Gasteiger partial charge in [0.15, 0.2) is 0 Å². The number of terminal acetylenes is 1. The minimum absolute atomic E-state index is 0.642. The van der Waals surface area contributed by atoms with E-state index in [1.54, 1.807) is 0 Å². The number of nitrogen functional groups attached to an aromatic ring is 1. The van der Waals surface area contributed by atoms with Crippen molar-refractivity contribution in [2.45, 2.75) is 25.7 Å². The van der Waals surface area contributed by atoms with Crippen LogP contribution < -0.4 is 5.73 Å². The Morgan fingerprint density at radius 2 is 1.76 bits per heavy atom. The minimum atomic E-state index is 0.642. The first-order chi connectivity index (χ1) is 12.2. The van der Waals surface area contributed by atoms with Crippen LogP contribution in [0.1, 0.15) is 35.1 Å². The molecule has 0 amide bonds. The Kier molecular flexibility index (Phi) is 3.74. The van der Waals surface area contributed by atoms with Gasteiger partial charge < -0.3 is 11.1 Å². The van der Waals surface area contributed by atoms with Crippen molar-refractivity contribution in [3.05, 3.63) is 58.7 Å². The van der Waals surface area contributed by atoms with Crippen LogP contribution in [0.5, 0.6) is 0 Å². The molecular weight excluding hydrogens is 306 g/mol. The van der Waals surface area contributed by atoms with Gasteiger partial charge in [0.1, 0.15) is 0 Å². The van der Waals surface area contributed by atoms with Gasteiger partial charge in [-0.1, -0.05) is 18.1 Å². The van der Waals surface area contributed by atoms with Crippen LogP contribution in [0.25, 0.3) is 22.2 Å². The molecular formula is C22H19N3. The topological polar surface area (TPSA) is 62.8 Å². The van der Waals surface area contributed by atoms with E-state index < -0.39 is 0 Å². The van der Waals surface area contributed by atoms with E-state index in [4.69, 9.17) is 22.6 Å². The maximum Gasteiger partial charge on any atom is 0.0744 e. The molecule has 0 unspecified atom stereocenters. The van der Waals surface area contributed by atoms with Gasteiger partial charge in [-0.25, -0.2) is 4.98 Å². The summed E-state index contributed by atoms with van der Waals surface area (Å²) < 4.78 is 0. The number of nitrogens with two attached hydrogens (primary N) is 1. The summed E-state index contributed by atoms with van der Waals surface area (Å²) in [6.45, 7) is 0. The number of benzene rings is 2. The number of nitrogens with one attached hydrogen (secondary N) is 1. The summed E-state index contributed by atoms with van der Waals surface area (Å²) in [5.74, 6) is 2.66. The van der Waals surface area contributed by atoms with Crippen molar-refractivity contribution in [1.29, 1.82) is 5.41 Å². The number of rotatable bonds is 2. The van der Waals surface area contributed by atoms with Crippen LogP contribution in [0.3, 0.4) is 0 Å². The maximum absolute atomic E-state index is 7.79. The molecule has 1 aliphatic carbocycles. The third kappa shape index (κ3) is 2.47. The van der Waals surface area contributed by atoms with Crippen LogP contribution in [0, 0.1) is 17.8 Å². The minimum Gasteiger partial charge on any atom is -0.398 e. The third-order valence-corrected chi connectivity index (χ3v) is 5.01. The number of fused-ring (bicyclic) bond motifs is 3. The highest BCUT2D eigenvalue weighted by molar-refractivity contribution is 6.05. The lowest BCUT2D eigenvalue weighted by molar-refractivity contribution is 0.689. The summed E-state index contributed by atoms with van der Waals surface area (Å²) in [5.41, 5.74) is 14.0. The Labute approximate surface area is 147 Å². The van der Waals surface area contributed by atoms with Gasteiger partial charge in [0.05, 0.1) is 11.2 Å². The van der Waals surface area contributed by atoms with Gasteiger partial charge in [-0.15, -0.1) is 6.42 Å². The van der Waals surface area contributed by atoms with Crippen LogP contribution in [-0.2, 0) is 12.8 Å². The highest BCUT2D eigenvalue weighted by Gasteiger charge is 2.21. The fraction of sp³-hybridized carbons (Fsp3) is 0.182. The van der Waals surface area contributed by atoms with Crippen molar-refractivity contribution in [2.24, 2.45) is 0 Å². The van der Waals surface area contributed by atoms with Gasteiger partial charge in [-0.3, -0.25) is 0 Å². The third-order valence-electron chi connectivity index (χ3n) is 5.01. The van der Waals surface area contributed by atoms with E-state index >= 15 is 0 Å². The molecule has 1 heterocycles. The molecule has 0 saturated carbocycles. The van der Waals surface area contributed by atoms with Gasteiger partial charge in [0.25, 0.3) is 0 Å².